The summed E-state index contributed by atoms with van der Waals surface area (Å²) in [6.07, 6.45) is -3.51. The molecule has 0 radical (unpaired) electrons. The number of hydrogen-bond donors (Lipinski definition) is 2. The molecule has 11 heteroatoms. The maximum Gasteiger partial charge on any atom is 0.435 e. The van der Waals surface area contributed by atoms with Crippen LogP contribution in [0, 0.1) is 6.92 Å². The molecule has 0 saturated carbocycles. The number of carbonyl (C=O) groups is 2. The van der Waals surface area contributed by atoms with Crippen molar-refractivity contribution in [1.82, 2.24) is 20.1 Å². The molecule has 0 aromatic carbocycles. The molecule has 2 rings (SSSR count). The normalized spacial score (nSPS) is 12.9. The van der Waals surface area contributed by atoms with E-state index >= 15 is 0 Å². The second kappa shape index (κ2) is 6.59. The topological polar surface area (TPSA) is 97.1 Å². The summed E-state index contributed by atoms with van der Waals surface area (Å²) in [7, 11) is 0. The first-order valence-corrected chi connectivity index (χ1v) is 7.50. The molecular formula is C13H13F3N4O3S. The van der Waals surface area contributed by atoms with Gasteiger partial charge >= 0.3 is 12.1 Å². The summed E-state index contributed by atoms with van der Waals surface area (Å²) in [6.45, 7) is 2.75. The predicted molar refractivity (Wildman–Crippen MR) is 77.6 cm³/mol. The quantitative estimate of drug-likeness (QED) is 0.850. The Labute approximate surface area is 138 Å². The van der Waals surface area contributed by atoms with Gasteiger partial charge in [-0.1, -0.05) is 0 Å². The lowest BCUT2D eigenvalue weighted by atomic mass is 10.3. The summed E-state index contributed by atoms with van der Waals surface area (Å²) in [5.74, 6) is -1.67. The number of rotatable bonds is 5. The van der Waals surface area contributed by atoms with Crippen LogP contribution < -0.4 is 5.32 Å². The van der Waals surface area contributed by atoms with Gasteiger partial charge in [0.2, 0.25) is 5.91 Å². The van der Waals surface area contributed by atoms with Crippen molar-refractivity contribution in [1.29, 1.82) is 0 Å². The van der Waals surface area contributed by atoms with Crippen molar-refractivity contribution in [2.45, 2.75) is 32.6 Å². The molecule has 2 N–H and O–H groups in total. The van der Waals surface area contributed by atoms with Crippen LogP contribution in [0.1, 0.15) is 39.0 Å². The second-order valence-corrected chi connectivity index (χ2v) is 5.99. The Morgan fingerprint density at radius 1 is 1.46 bits per heavy atom. The first-order valence-electron chi connectivity index (χ1n) is 6.68. The summed E-state index contributed by atoms with van der Waals surface area (Å²) in [5, 5.41) is 15.2. The van der Waals surface area contributed by atoms with Gasteiger partial charge in [-0.05, 0) is 19.9 Å². The van der Waals surface area contributed by atoms with E-state index in [1.54, 1.807) is 13.8 Å². The summed E-state index contributed by atoms with van der Waals surface area (Å²) < 4.78 is 38.2. The molecule has 2 heterocycles. The molecule has 1 amide bonds. The Balaban J connectivity index is 2.00. The van der Waals surface area contributed by atoms with Gasteiger partial charge in [-0.15, -0.1) is 11.3 Å². The molecule has 1 atom stereocenters. The number of aromatic nitrogens is 3. The van der Waals surface area contributed by atoms with Gasteiger partial charge in [-0.2, -0.15) is 18.3 Å². The van der Waals surface area contributed by atoms with E-state index in [0.29, 0.717) is 10.7 Å². The van der Waals surface area contributed by atoms with Gasteiger partial charge in [-0.25, -0.2) is 9.78 Å². The fraction of sp³-hybridized carbons (Fsp3) is 0.385. The number of nitrogens with zero attached hydrogens (tertiary/aromatic N) is 3. The van der Waals surface area contributed by atoms with E-state index < -0.39 is 36.3 Å². The Bertz CT molecular complexity index is 769. The molecule has 0 fully saturated rings. The molecule has 0 aliphatic rings. The van der Waals surface area contributed by atoms with Crippen LogP contribution >= 0.6 is 11.3 Å². The first kappa shape index (κ1) is 17.9. The minimum atomic E-state index is -4.57. The summed E-state index contributed by atoms with van der Waals surface area (Å²) in [4.78, 5) is 27.0. The van der Waals surface area contributed by atoms with Gasteiger partial charge in [0.25, 0.3) is 0 Å². The number of carboxylic acids is 1. The fourth-order valence-electron chi connectivity index (χ4n) is 1.90. The predicted octanol–water partition coefficient (Wildman–Crippen LogP) is 2.24. The number of nitrogens with one attached hydrogen (secondary N) is 1. The van der Waals surface area contributed by atoms with Gasteiger partial charge in [0.1, 0.15) is 16.4 Å². The summed E-state index contributed by atoms with van der Waals surface area (Å²) in [6, 6.07) is 0.201. The number of amides is 1. The van der Waals surface area contributed by atoms with Crippen molar-refractivity contribution in [3.63, 3.8) is 0 Å². The average molecular weight is 362 g/mol. The van der Waals surface area contributed by atoms with E-state index in [2.05, 4.69) is 15.4 Å². The number of halogens is 3. The Kier molecular flexibility index (Phi) is 4.92. The molecule has 130 valence electrons. The van der Waals surface area contributed by atoms with Crippen molar-refractivity contribution >= 4 is 23.2 Å². The zero-order valence-corrected chi connectivity index (χ0v) is 13.4. The number of aromatic carboxylic acids is 1. The number of alkyl halides is 3. The van der Waals surface area contributed by atoms with E-state index in [4.69, 9.17) is 5.11 Å². The molecule has 0 bridgehead atoms. The highest BCUT2D eigenvalue weighted by molar-refractivity contribution is 7.13. The largest absolute Gasteiger partial charge is 0.477 e. The van der Waals surface area contributed by atoms with Crippen molar-refractivity contribution in [2.24, 2.45) is 0 Å². The Morgan fingerprint density at radius 2 is 2.12 bits per heavy atom. The molecular weight excluding hydrogens is 349 g/mol. The standard InChI is InChI=1S/C13H13F3N4O3S/c1-6-10(12(22)23)24-11(18-6)7(2)17-9(21)5-20-4-3-8(19-20)13(14,15)16/h3-4,7H,5H2,1-2H3,(H,17,21)(H,22,23). The molecule has 2 aromatic rings. The summed E-state index contributed by atoms with van der Waals surface area (Å²) in [5.41, 5.74) is -0.740. The third-order valence-electron chi connectivity index (χ3n) is 2.99. The number of carboxylic acid groups (broad SMARTS) is 1. The highest BCUT2D eigenvalue weighted by Crippen LogP contribution is 2.27. The van der Waals surface area contributed by atoms with Crippen LogP contribution in [0.2, 0.25) is 0 Å². The van der Waals surface area contributed by atoms with Crippen molar-refractivity contribution in [2.75, 3.05) is 0 Å². The Hall–Kier alpha value is -2.43. The van der Waals surface area contributed by atoms with Crippen molar-refractivity contribution in [3.8, 4) is 0 Å². The zero-order chi connectivity index (χ0) is 18.1. The number of aryl methyl sites for hydroxylation is 1. The van der Waals surface area contributed by atoms with Crippen molar-refractivity contribution < 1.29 is 27.9 Å². The molecule has 0 aliphatic carbocycles. The molecule has 24 heavy (non-hydrogen) atoms. The van der Waals surface area contributed by atoms with Crippen LogP contribution in [-0.2, 0) is 17.5 Å². The highest BCUT2D eigenvalue weighted by atomic mass is 32.1. The maximum atomic E-state index is 12.4. The zero-order valence-electron chi connectivity index (χ0n) is 12.6. The van der Waals surface area contributed by atoms with Gasteiger partial charge in [0, 0.05) is 6.20 Å². The van der Waals surface area contributed by atoms with E-state index in [-0.39, 0.29) is 4.88 Å². The monoisotopic (exact) mass is 362 g/mol. The van der Waals surface area contributed by atoms with E-state index in [1.165, 1.54) is 0 Å². The van der Waals surface area contributed by atoms with Gasteiger partial charge in [-0.3, -0.25) is 9.48 Å². The van der Waals surface area contributed by atoms with Crippen LogP contribution in [0.3, 0.4) is 0 Å². The number of thiazole rings is 1. The van der Waals surface area contributed by atoms with E-state index in [9.17, 15) is 22.8 Å². The molecule has 1 unspecified atom stereocenters. The number of hydrogen-bond acceptors (Lipinski definition) is 5. The van der Waals surface area contributed by atoms with E-state index in [1.807, 2.05) is 0 Å². The third-order valence-corrected chi connectivity index (χ3v) is 4.32. The van der Waals surface area contributed by atoms with E-state index in [0.717, 1.165) is 28.3 Å². The lowest BCUT2D eigenvalue weighted by molar-refractivity contribution is -0.141. The fourth-order valence-corrected chi connectivity index (χ4v) is 2.81. The third kappa shape index (κ3) is 4.10. The molecule has 7 nitrogen and oxygen atoms in total. The minimum absolute atomic E-state index is 0.0768. The lowest BCUT2D eigenvalue weighted by Crippen LogP contribution is -2.30. The molecule has 0 aliphatic heterocycles. The van der Waals surface area contributed by atoms with Crippen LogP contribution in [0.15, 0.2) is 12.3 Å². The smallest absolute Gasteiger partial charge is 0.435 e. The van der Waals surface area contributed by atoms with Crippen molar-refractivity contribution in [3.05, 3.63) is 33.5 Å². The van der Waals surface area contributed by atoms with Crippen LogP contribution in [0.5, 0.6) is 0 Å². The van der Waals surface area contributed by atoms with Crippen LogP contribution in [0.4, 0.5) is 13.2 Å². The molecule has 2 aromatic heterocycles. The minimum Gasteiger partial charge on any atom is -0.477 e. The first-order chi connectivity index (χ1) is 11.1. The number of carbonyl (C=O) groups excluding carboxylic acids is 1. The van der Waals surface area contributed by atoms with Crippen LogP contribution in [-0.4, -0.2) is 31.7 Å². The highest BCUT2D eigenvalue weighted by Gasteiger charge is 2.33. The summed E-state index contributed by atoms with van der Waals surface area (Å²) >= 11 is 0.935. The lowest BCUT2D eigenvalue weighted by Gasteiger charge is -2.11. The molecule has 0 spiro atoms. The van der Waals surface area contributed by atoms with Gasteiger partial charge in [0.05, 0.1) is 11.7 Å². The van der Waals surface area contributed by atoms with Gasteiger partial charge < -0.3 is 10.4 Å². The molecule has 0 saturated heterocycles. The van der Waals surface area contributed by atoms with Crippen LogP contribution in [0.25, 0.3) is 0 Å². The Morgan fingerprint density at radius 3 is 2.62 bits per heavy atom. The van der Waals surface area contributed by atoms with Gasteiger partial charge in [0.15, 0.2) is 5.69 Å². The average Bonchev–Trinajstić information content (AvgIpc) is 3.04. The second-order valence-electron chi connectivity index (χ2n) is 4.96. The SMILES string of the molecule is Cc1nc(C(C)NC(=O)Cn2ccc(C(F)(F)F)n2)sc1C(=O)O. The maximum absolute atomic E-state index is 12.4.